The van der Waals surface area contributed by atoms with E-state index in [1.807, 2.05) is 0 Å². The van der Waals surface area contributed by atoms with Crippen LogP contribution in [0.1, 0.15) is 22.6 Å². The van der Waals surface area contributed by atoms with E-state index in [1.54, 1.807) is 41.8 Å². The maximum Gasteiger partial charge on any atom is 0.208 e. The number of rotatable bonds is 4. The molecule has 0 N–H and O–H groups in total. The molecule has 0 aliphatic carbocycles. The molecule has 0 radical (unpaired) electrons. The lowest BCUT2D eigenvalue weighted by atomic mass is 10.2. The maximum atomic E-state index is 13.1. The molecule has 0 spiro atoms. The Balaban J connectivity index is 1.43. The zero-order chi connectivity index (χ0) is 19.3. The lowest BCUT2D eigenvalue weighted by Crippen LogP contribution is -2.31. The molecule has 28 heavy (non-hydrogen) atoms. The van der Waals surface area contributed by atoms with Gasteiger partial charge in [0.05, 0.1) is 5.56 Å². The lowest BCUT2D eigenvalue weighted by Gasteiger charge is -2.22. The minimum absolute atomic E-state index is 0.233. The predicted molar refractivity (Wildman–Crippen MR) is 107 cm³/mol. The van der Waals surface area contributed by atoms with E-state index in [0.717, 1.165) is 54.1 Å². The van der Waals surface area contributed by atoms with Crippen LogP contribution in [0.15, 0.2) is 42.6 Å². The van der Waals surface area contributed by atoms with Crippen LogP contribution in [0.3, 0.4) is 0 Å². The molecule has 1 aliphatic rings. The molecule has 1 aliphatic heterocycles. The summed E-state index contributed by atoms with van der Waals surface area (Å²) in [4.78, 5) is 8.81. The molecule has 1 saturated heterocycles. The number of halogens is 1. The highest BCUT2D eigenvalue weighted by atomic mass is 32.1. The highest BCUT2D eigenvalue weighted by molar-refractivity contribution is 7.15. The summed E-state index contributed by atoms with van der Waals surface area (Å²) in [5.41, 5.74) is 1.62. The van der Waals surface area contributed by atoms with Gasteiger partial charge in [-0.05, 0) is 36.2 Å². The molecule has 0 saturated carbocycles. The minimum Gasteiger partial charge on any atom is -0.354 e. The van der Waals surface area contributed by atoms with Gasteiger partial charge in [-0.2, -0.15) is 5.26 Å². The predicted octanol–water partition coefficient (Wildman–Crippen LogP) is 3.25. The SMILES string of the molecule is N#Cc1cccnc1N1CCCN(c2nnc(Cc3ccc(F)cc3)s2)CC1. The Bertz CT molecular complexity index is 981. The van der Waals surface area contributed by atoms with Crippen LogP contribution >= 0.6 is 11.3 Å². The van der Waals surface area contributed by atoms with Crippen molar-refractivity contribution < 1.29 is 4.39 Å². The van der Waals surface area contributed by atoms with Crippen molar-refractivity contribution in [3.05, 3.63) is 64.5 Å². The van der Waals surface area contributed by atoms with Crippen molar-refractivity contribution in [3.8, 4) is 6.07 Å². The molecular weight excluding hydrogens is 375 g/mol. The number of aromatic nitrogens is 3. The molecule has 142 valence electrons. The second kappa shape index (κ2) is 8.31. The summed E-state index contributed by atoms with van der Waals surface area (Å²) in [6.45, 7) is 3.31. The number of nitrogens with zero attached hydrogens (tertiary/aromatic N) is 6. The van der Waals surface area contributed by atoms with E-state index in [-0.39, 0.29) is 5.82 Å². The maximum absolute atomic E-state index is 13.1. The average Bonchev–Trinajstić information content (AvgIpc) is 3.04. The van der Waals surface area contributed by atoms with Gasteiger partial charge in [-0.3, -0.25) is 0 Å². The van der Waals surface area contributed by atoms with E-state index >= 15 is 0 Å². The van der Waals surface area contributed by atoms with Gasteiger partial charge in [0, 0.05) is 38.8 Å². The standard InChI is InChI=1S/C20H19FN6S/c21-17-6-4-15(5-7-17)13-18-24-25-20(28-18)27-10-2-9-26(11-12-27)19-16(14-22)3-1-8-23-19/h1,3-8H,2,9-13H2. The third-order valence-corrected chi connectivity index (χ3v) is 5.68. The van der Waals surface area contributed by atoms with Crippen LogP contribution in [0.5, 0.6) is 0 Å². The van der Waals surface area contributed by atoms with Gasteiger partial charge < -0.3 is 9.80 Å². The summed E-state index contributed by atoms with van der Waals surface area (Å²) < 4.78 is 13.1. The summed E-state index contributed by atoms with van der Waals surface area (Å²) in [5, 5.41) is 19.8. The first-order chi connectivity index (χ1) is 13.7. The second-order valence-electron chi connectivity index (χ2n) is 6.60. The Morgan fingerprint density at radius 3 is 2.64 bits per heavy atom. The summed E-state index contributed by atoms with van der Waals surface area (Å²) in [7, 11) is 0. The fourth-order valence-corrected chi connectivity index (χ4v) is 4.20. The van der Waals surface area contributed by atoms with E-state index in [9.17, 15) is 9.65 Å². The largest absolute Gasteiger partial charge is 0.354 e. The number of anilines is 2. The molecular formula is C20H19FN6S. The van der Waals surface area contributed by atoms with Gasteiger partial charge in [0.15, 0.2) is 0 Å². The number of hydrogen-bond acceptors (Lipinski definition) is 7. The van der Waals surface area contributed by atoms with E-state index in [1.165, 1.54) is 12.1 Å². The number of hydrogen-bond donors (Lipinski definition) is 0. The van der Waals surface area contributed by atoms with Crippen molar-refractivity contribution in [1.82, 2.24) is 15.2 Å². The van der Waals surface area contributed by atoms with Crippen molar-refractivity contribution >= 4 is 22.3 Å². The third-order valence-electron chi connectivity index (χ3n) is 4.70. The summed E-state index contributed by atoms with van der Waals surface area (Å²) in [5.74, 6) is 0.518. The van der Waals surface area contributed by atoms with Crippen LogP contribution in [0.2, 0.25) is 0 Å². The Morgan fingerprint density at radius 2 is 1.82 bits per heavy atom. The van der Waals surface area contributed by atoms with Gasteiger partial charge in [0.2, 0.25) is 5.13 Å². The molecule has 0 bridgehead atoms. The number of pyridine rings is 1. The molecule has 6 nitrogen and oxygen atoms in total. The van der Waals surface area contributed by atoms with Crippen LogP contribution in [0.25, 0.3) is 0 Å². The average molecular weight is 394 g/mol. The van der Waals surface area contributed by atoms with Gasteiger partial charge in [-0.15, -0.1) is 10.2 Å². The van der Waals surface area contributed by atoms with Crippen LogP contribution in [-0.4, -0.2) is 41.4 Å². The zero-order valence-corrected chi connectivity index (χ0v) is 16.1. The smallest absolute Gasteiger partial charge is 0.208 e. The lowest BCUT2D eigenvalue weighted by molar-refractivity contribution is 0.627. The van der Waals surface area contributed by atoms with Crippen LogP contribution in [0.4, 0.5) is 15.3 Å². The van der Waals surface area contributed by atoms with Gasteiger partial charge in [-0.1, -0.05) is 23.5 Å². The van der Waals surface area contributed by atoms with Crippen LogP contribution < -0.4 is 9.80 Å². The number of benzene rings is 1. The molecule has 1 aromatic carbocycles. The highest BCUT2D eigenvalue weighted by Gasteiger charge is 2.20. The van der Waals surface area contributed by atoms with Crippen molar-refractivity contribution in [3.63, 3.8) is 0 Å². The van der Waals surface area contributed by atoms with E-state index in [0.29, 0.717) is 12.0 Å². The first-order valence-electron chi connectivity index (χ1n) is 9.15. The molecule has 1 fully saturated rings. The molecule has 0 amide bonds. The van der Waals surface area contributed by atoms with Crippen molar-refractivity contribution in [2.24, 2.45) is 0 Å². The zero-order valence-electron chi connectivity index (χ0n) is 15.3. The second-order valence-corrected chi connectivity index (χ2v) is 7.64. The summed E-state index contributed by atoms with van der Waals surface area (Å²) in [6.07, 6.45) is 3.33. The molecule has 0 unspecified atom stereocenters. The molecule has 2 aromatic heterocycles. The van der Waals surface area contributed by atoms with Crippen molar-refractivity contribution in [1.29, 1.82) is 5.26 Å². The van der Waals surface area contributed by atoms with E-state index in [4.69, 9.17) is 0 Å². The third kappa shape index (κ3) is 4.10. The highest BCUT2D eigenvalue weighted by Crippen LogP contribution is 2.25. The first-order valence-corrected chi connectivity index (χ1v) is 9.96. The van der Waals surface area contributed by atoms with Crippen LogP contribution in [-0.2, 0) is 6.42 Å². The quantitative estimate of drug-likeness (QED) is 0.677. The van der Waals surface area contributed by atoms with Gasteiger partial charge in [-0.25, -0.2) is 9.37 Å². The Morgan fingerprint density at radius 1 is 1.04 bits per heavy atom. The van der Waals surface area contributed by atoms with Gasteiger partial charge >= 0.3 is 0 Å². The molecule has 4 rings (SSSR count). The normalized spacial score (nSPS) is 14.6. The first kappa shape index (κ1) is 18.3. The fourth-order valence-electron chi connectivity index (χ4n) is 3.28. The van der Waals surface area contributed by atoms with E-state index in [2.05, 4.69) is 31.1 Å². The van der Waals surface area contributed by atoms with E-state index < -0.39 is 0 Å². The van der Waals surface area contributed by atoms with Gasteiger partial charge in [0.25, 0.3) is 0 Å². The monoisotopic (exact) mass is 394 g/mol. The minimum atomic E-state index is -0.233. The van der Waals surface area contributed by atoms with Crippen molar-refractivity contribution in [2.45, 2.75) is 12.8 Å². The van der Waals surface area contributed by atoms with Gasteiger partial charge in [0.1, 0.15) is 22.7 Å². The Hall–Kier alpha value is -3.05. The van der Waals surface area contributed by atoms with Crippen LogP contribution in [0, 0.1) is 17.1 Å². The summed E-state index contributed by atoms with van der Waals surface area (Å²) >= 11 is 1.58. The number of nitriles is 1. The topological polar surface area (TPSA) is 68.9 Å². The molecule has 8 heteroatoms. The Kier molecular flexibility index (Phi) is 5.44. The molecule has 3 aromatic rings. The molecule has 3 heterocycles. The Labute approximate surface area is 166 Å². The molecule has 0 atom stereocenters. The fraction of sp³-hybridized carbons (Fsp3) is 0.300. The summed E-state index contributed by atoms with van der Waals surface area (Å²) in [6, 6.07) is 12.3. The van der Waals surface area contributed by atoms with Crippen molar-refractivity contribution in [2.75, 3.05) is 36.0 Å².